The number of rotatable bonds is 5. The summed E-state index contributed by atoms with van der Waals surface area (Å²) < 4.78 is 5.70. The van der Waals surface area contributed by atoms with Crippen molar-refractivity contribution in [2.45, 2.75) is 6.61 Å². The molecule has 0 aliphatic heterocycles. The molecule has 114 valence electrons. The molecule has 0 unspecified atom stereocenters. The standard InChI is InChI=1S/C20H16O3/c21-18-10-6-16(7-11-18)20(22)17-8-12-19(13-9-17)23-14-15-4-2-1-3-5-15/h1-13,21H,14H2. The van der Waals surface area contributed by atoms with Gasteiger partial charge in [0.05, 0.1) is 0 Å². The Bertz CT molecular complexity index is 775. The van der Waals surface area contributed by atoms with Crippen LogP contribution in [0.1, 0.15) is 21.5 Å². The summed E-state index contributed by atoms with van der Waals surface area (Å²) in [7, 11) is 0. The number of phenols is 1. The first-order chi connectivity index (χ1) is 11.2. The van der Waals surface area contributed by atoms with Crippen molar-refractivity contribution in [1.82, 2.24) is 0 Å². The first kappa shape index (κ1) is 14.9. The SMILES string of the molecule is O=C(c1ccc(O)cc1)c1ccc(OCc2ccccc2)cc1. The third-order valence-corrected chi connectivity index (χ3v) is 3.49. The molecule has 0 atom stereocenters. The molecule has 0 fully saturated rings. The van der Waals surface area contributed by atoms with Gasteiger partial charge in [0, 0.05) is 11.1 Å². The highest BCUT2D eigenvalue weighted by Gasteiger charge is 2.09. The minimum atomic E-state index is -0.0837. The second-order valence-corrected chi connectivity index (χ2v) is 5.17. The molecule has 3 heteroatoms. The Morgan fingerprint density at radius 3 is 1.96 bits per heavy atom. The number of aromatic hydroxyl groups is 1. The number of hydrogen-bond acceptors (Lipinski definition) is 3. The molecule has 0 bridgehead atoms. The second-order valence-electron chi connectivity index (χ2n) is 5.17. The summed E-state index contributed by atoms with van der Waals surface area (Å²) in [4.78, 5) is 12.3. The van der Waals surface area contributed by atoms with E-state index in [1.807, 2.05) is 30.3 Å². The van der Waals surface area contributed by atoms with Crippen molar-refractivity contribution in [2.24, 2.45) is 0 Å². The third-order valence-electron chi connectivity index (χ3n) is 3.49. The van der Waals surface area contributed by atoms with E-state index < -0.39 is 0 Å². The predicted octanol–water partition coefficient (Wildman–Crippen LogP) is 4.20. The largest absolute Gasteiger partial charge is 0.508 e. The molecular formula is C20H16O3. The molecule has 0 radical (unpaired) electrons. The van der Waals surface area contributed by atoms with E-state index in [1.165, 1.54) is 12.1 Å². The monoisotopic (exact) mass is 304 g/mol. The van der Waals surface area contributed by atoms with E-state index in [-0.39, 0.29) is 11.5 Å². The van der Waals surface area contributed by atoms with Crippen LogP contribution in [0.25, 0.3) is 0 Å². The summed E-state index contributed by atoms with van der Waals surface area (Å²) >= 11 is 0. The number of phenolic OH excluding ortho intramolecular Hbond substituents is 1. The summed E-state index contributed by atoms with van der Waals surface area (Å²) in [5.74, 6) is 0.780. The maximum absolute atomic E-state index is 12.3. The first-order valence-electron chi connectivity index (χ1n) is 7.33. The molecule has 0 saturated heterocycles. The van der Waals surface area contributed by atoms with Crippen LogP contribution < -0.4 is 4.74 Å². The summed E-state index contributed by atoms with van der Waals surface area (Å²) in [5.41, 5.74) is 2.22. The normalized spacial score (nSPS) is 10.3. The van der Waals surface area contributed by atoms with Crippen LogP contribution in [0.3, 0.4) is 0 Å². The lowest BCUT2D eigenvalue weighted by molar-refractivity contribution is 0.103. The van der Waals surface area contributed by atoms with Crippen molar-refractivity contribution in [2.75, 3.05) is 0 Å². The summed E-state index contributed by atoms with van der Waals surface area (Å²) in [6, 6.07) is 23.2. The molecule has 0 spiro atoms. The van der Waals surface area contributed by atoms with E-state index in [9.17, 15) is 9.90 Å². The van der Waals surface area contributed by atoms with Gasteiger partial charge in [-0.3, -0.25) is 4.79 Å². The molecule has 0 heterocycles. The fourth-order valence-corrected chi connectivity index (χ4v) is 2.22. The highest BCUT2D eigenvalue weighted by molar-refractivity contribution is 6.09. The summed E-state index contributed by atoms with van der Waals surface area (Å²) in [6.45, 7) is 0.492. The minimum absolute atomic E-state index is 0.0837. The average molecular weight is 304 g/mol. The van der Waals surface area contributed by atoms with E-state index in [4.69, 9.17) is 4.74 Å². The zero-order chi connectivity index (χ0) is 16.1. The Balaban J connectivity index is 1.67. The van der Waals surface area contributed by atoms with E-state index in [0.717, 1.165) is 11.3 Å². The van der Waals surface area contributed by atoms with Gasteiger partial charge in [-0.15, -0.1) is 0 Å². The highest BCUT2D eigenvalue weighted by Crippen LogP contribution is 2.18. The first-order valence-corrected chi connectivity index (χ1v) is 7.33. The number of ketones is 1. The lowest BCUT2D eigenvalue weighted by Crippen LogP contribution is -2.01. The van der Waals surface area contributed by atoms with Gasteiger partial charge in [0.2, 0.25) is 0 Å². The third kappa shape index (κ3) is 3.77. The van der Waals surface area contributed by atoms with Crippen LogP contribution in [0, 0.1) is 0 Å². The highest BCUT2D eigenvalue weighted by atomic mass is 16.5. The average Bonchev–Trinajstić information content (AvgIpc) is 2.61. The Hall–Kier alpha value is -3.07. The molecule has 1 N–H and O–H groups in total. The lowest BCUT2D eigenvalue weighted by Gasteiger charge is -2.07. The van der Waals surface area contributed by atoms with Crippen LogP contribution in [0.4, 0.5) is 0 Å². The van der Waals surface area contributed by atoms with Crippen molar-refractivity contribution < 1.29 is 14.6 Å². The van der Waals surface area contributed by atoms with Crippen LogP contribution in [0.2, 0.25) is 0 Å². The van der Waals surface area contributed by atoms with E-state index in [2.05, 4.69) is 0 Å². The van der Waals surface area contributed by atoms with Crippen LogP contribution in [-0.4, -0.2) is 10.9 Å². The Morgan fingerprint density at radius 1 is 0.783 bits per heavy atom. The smallest absolute Gasteiger partial charge is 0.193 e. The van der Waals surface area contributed by atoms with Crippen LogP contribution in [0.15, 0.2) is 78.9 Å². The minimum Gasteiger partial charge on any atom is -0.508 e. The quantitative estimate of drug-likeness (QED) is 0.718. The van der Waals surface area contributed by atoms with Gasteiger partial charge in [0.25, 0.3) is 0 Å². The number of benzene rings is 3. The molecule has 0 amide bonds. The summed E-state index contributed by atoms with van der Waals surface area (Å²) in [5, 5.41) is 9.27. The van der Waals surface area contributed by atoms with Gasteiger partial charge in [0.1, 0.15) is 18.1 Å². The number of hydrogen-bond donors (Lipinski definition) is 1. The fraction of sp³-hybridized carbons (Fsp3) is 0.0500. The van der Waals surface area contributed by atoms with Crippen molar-refractivity contribution in [3.8, 4) is 11.5 Å². The van der Waals surface area contributed by atoms with E-state index >= 15 is 0 Å². The van der Waals surface area contributed by atoms with Gasteiger partial charge in [-0.2, -0.15) is 0 Å². The Kier molecular flexibility index (Phi) is 4.39. The molecule has 0 aliphatic rings. The van der Waals surface area contributed by atoms with Gasteiger partial charge >= 0.3 is 0 Å². The molecule has 0 aromatic heterocycles. The molecule has 3 nitrogen and oxygen atoms in total. The molecule has 0 aliphatic carbocycles. The fourth-order valence-electron chi connectivity index (χ4n) is 2.22. The summed E-state index contributed by atoms with van der Waals surface area (Å²) in [6.07, 6.45) is 0. The molecule has 3 aromatic carbocycles. The maximum atomic E-state index is 12.3. The van der Waals surface area contributed by atoms with E-state index in [0.29, 0.717) is 17.7 Å². The molecular weight excluding hydrogens is 288 g/mol. The molecule has 3 aromatic rings. The molecule has 0 saturated carbocycles. The Morgan fingerprint density at radius 2 is 1.35 bits per heavy atom. The topological polar surface area (TPSA) is 46.5 Å². The van der Waals surface area contributed by atoms with Crippen molar-refractivity contribution in [3.05, 3.63) is 95.6 Å². The number of carbonyl (C=O) groups is 1. The van der Waals surface area contributed by atoms with Gasteiger partial charge in [0.15, 0.2) is 5.78 Å². The van der Waals surface area contributed by atoms with Crippen molar-refractivity contribution in [1.29, 1.82) is 0 Å². The lowest BCUT2D eigenvalue weighted by atomic mass is 10.0. The van der Waals surface area contributed by atoms with Gasteiger partial charge < -0.3 is 9.84 Å². The van der Waals surface area contributed by atoms with Crippen LogP contribution in [-0.2, 0) is 6.61 Å². The molecule has 23 heavy (non-hydrogen) atoms. The molecule has 3 rings (SSSR count). The zero-order valence-electron chi connectivity index (χ0n) is 12.5. The van der Waals surface area contributed by atoms with Gasteiger partial charge in [-0.1, -0.05) is 30.3 Å². The predicted molar refractivity (Wildman–Crippen MR) is 88.8 cm³/mol. The number of ether oxygens (including phenoxy) is 1. The number of carbonyl (C=O) groups excluding carboxylic acids is 1. The van der Waals surface area contributed by atoms with Crippen molar-refractivity contribution >= 4 is 5.78 Å². The van der Waals surface area contributed by atoms with E-state index in [1.54, 1.807) is 36.4 Å². The second kappa shape index (κ2) is 6.79. The van der Waals surface area contributed by atoms with Crippen LogP contribution >= 0.6 is 0 Å². The zero-order valence-corrected chi connectivity index (χ0v) is 12.5. The van der Waals surface area contributed by atoms with Crippen molar-refractivity contribution in [3.63, 3.8) is 0 Å². The van der Waals surface area contributed by atoms with Crippen LogP contribution in [0.5, 0.6) is 11.5 Å². The van der Waals surface area contributed by atoms with Gasteiger partial charge in [-0.25, -0.2) is 0 Å². The van der Waals surface area contributed by atoms with Gasteiger partial charge in [-0.05, 0) is 54.1 Å². The Labute approximate surface area is 134 Å². The maximum Gasteiger partial charge on any atom is 0.193 e.